The molecule has 3 heterocycles. The number of hydrogen-bond donors (Lipinski definition) is 9. The Morgan fingerprint density at radius 1 is 0.894 bits per heavy atom. The summed E-state index contributed by atoms with van der Waals surface area (Å²) in [5.74, 6) is -4.21. The van der Waals surface area contributed by atoms with Gasteiger partial charge in [-0.05, 0) is 17.7 Å². The predicted molar refractivity (Wildman–Crippen MR) is 144 cm³/mol. The number of aliphatic carboxylic acids is 2. The molecule has 10 atom stereocenters. The first-order valence-corrected chi connectivity index (χ1v) is 13.8. The monoisotopic (exact) mass is 672 g/mol. The van der Waals surface area contributed by atoms with Gasteiger partial charge in [-0.25, -0.2) is 14.3 Å². The lowest BCUT2D eigenvalue weighted by atomic mass is 9.99. The SMILES string of the molecule is O=COCc1ccc(O[C@@H]2O[C@H](C(=O)O)[C@@H](O)[C@H](O)[C@H]2O)c(C(=O)NCc2cn(CCO[C@@H]3O[C@H](C(=O)O)[C@@H](O)[C@H](O)[C@H]3O)nn2)c1. The summed E-state index contributed by atoms with van der Waals surface area (Å²) in [6, 6.07) is 3.94. The molecule has 0 bridgehead atoms. The van der Waals surface area contributed by atoms with Gasteiger partial charge in [0.05, 0.1) is 31.5 Å². The molecular formula is C26H32N4O17. The minimum atomic E-state index is -1.97. The van der Waals surface area contributed by atoms with Gasteiger partial charge in [0.15, 0.2) is 18.5 Å². The Labute approximate surface area is 263 Å². The van der Waals surface area contributed by atoms with Crippen molar-refractivity contribution in [2.75, 3.05) is 6.61 Å². The maximum absolute atomic E-state index is 13.2. The summed E-state index contributed by atoms with van der Waals surface area (Å²) in [6.45, 7) is -0.436. The van der Waals surface area contributed by atoms with E-state index in [2.05, 4.69) is 15.6 Å². The van der Waals surface area contributed by atoms with Crippen LogP contribution in [0.4, 0.5) is 0 Å². The number of aromatic nitrogens is 3. The van der Waals surface area contributed by atoms with Crippen LogP contribution in [0.1, 0.15) is 21.6 Å². The molecule has 1 aromatic heterocycles. The number of hydrogen-bond acceptors (Lipinski definition) is 17. The number of ether oxygens (including phenoxy) is 5. The summed E-state index contributed by atoms with van der Waals surface area (Å²) in [4.78, 5) is 46.5. The van der Waals surface area contributed by atoms with E-state index < -0.39 is 79.3 Å². The van der Waals surface area contributed by atoms with Crippen LogP contribution >= 0.6 is 0 Å². The fourth-order valence-electron chi connectivity index (χ4n) is 4.60. The Morgan fingerprint density at radius 3 is 2.13 bits per heavy atom. The molecule has 21 heteroatoms. The van der Waals surface area contributed by atoms with E-state index in [0.29, 0.717) is 5.56 Å². The summed E-state index contributed by atoms with van der Waals surface area (Å²) in [7, 11) is 0. The number of carboxylic acids is 2. The molecule has 1 amide bonds. The van der Waals surface area contributed by atoms with Crippen molar-refractivity contribution in [1.29, 1.82) is 0 Å². The van der Waals surface area contributed by atoms with Crippen molar-refractivity contribution in [3.8, 4) is 5.75 Å². The maximum Gasteiger partial charge on any atom is 0.335 e. The van der Waals surface area contributed by atoms with Crippen LogP contribution in [0.5, 0.6) is 5.75 Å². The molecule has 2 aliphatic heterocycles. The Bertz CT molecular complexity index is 1420. The topological polar surface area (TPSA) is 319 Å². The van der Waals surface area contributed by atoms with Crippen LogP contribution in [0.15, 0.2) is 24.4 Å². The number of carbonyl (C=O) groups excluding carboxylic acids is 2. The van der Waals surface area contributed by atoms with Gasteiger partial charge in [0.2, 0.25) is 6.29 Å². The zero-order valence-corrected chi connectivity index (χ0v) is 24.1. The molecule has 2 fully saturated rings. The highest BCUT2D eigenvalue weighted by Gasteiger charge is 2.49. The Kier molecular flexibility index (Phi) is 11.7. The highest BCUT2D eigenvalue weighted by molar-refractivity contribution is 5.97. The van der Waals surface area contributed by atoms with E-state index in [1.165, 1.54) is 29.1 Å². The van der Waals surface area contributed by atoms with Crippen LogP contribution in [0.3, 0.4) is 0 Å². The summed E-state index contributed by atoms with van der Waals surface area (Å²) in [6.07, 6.45) is -17.0. The van der Waals surface area contributed by atoms with Crippen molar-refractivity contribution in [3.05, 3.63) is 41.2 Å². The van der Waals surface area contributed by atoms with Gasteiger partial charge in [-0.3, -0.25) is 9.59 Å². The Morgan fingerprint density at radius 2 is 1.51 bits per heavy atom. The molecule has 47 heavy (non-hydrogen) atoms. The number of benzene rings is 1. The Hall–Kier alpha value is -4.32. The van der Waals surface area contributed by atoms with Gasteiger partial charge in [0.25, 0.3) is 12.4 Å². The van der Waals surface area contributed by atoms with Gasteiger partial charge in [-0.1, -0.05) is 11.3 Å². The van der Waals surface area contributed by atoms with Gasteiger partial charge in [-0.15, -0.1) is 5.10 Å². The largest absolute Gasteiger partial charge is 0.479 e. The van der Waals surface area contributed by atoms with Crippen LogP contribution in [0.25, 0.3) is 0 Å². The van der Waals surface area contributed by atoms with Gasteiger partial charge < -0.3 is 69.9 Å². The number of nitrogens with zero attached hydrogens (tertiary/aromatic N) is 3. The molecule has 0 saturated carbocycles. The van der Waals surface area contributed by atoms with Crippen molar-refractivity contribution in [1.82, 2.24) is 20.3 Å². The van der Waals surface area contributed by atoms with Crippen LogP contribution in [0, 0.1) is 0 Å². The number of carboxylic acid groups (broad SMARTS) is 2. The number of aliphatic hydroxyl groups excluding tert-OH is 6. The van der Waals surface area contributed by atoms with Crippen molar-refractivity contribution >= 4 is 24.3 Å². The van der Waals surface area contributed by atoms with E-state index in [-0.39, 0.29) is 49.8 Å². The third-order valence-corrected chi connectivity index (χ3v) is 7.09. The van der Waals surface area contributed by atoms with Crippen LogP contribution in [-0.4, -0.2) is 148 Å². The van der Waals surface area contributed by atoms with Crippen LogP contribution in [-0.2, 0) is 53.0 Å². The first-order chi connectivity index (χ1) is 22.3. The fourth-order valence-corrected chi connectivity index (χ4v) is 4.60. The van der Waals surface area contributed by atoms with E-state index in [0.717, 1.165) is 0 Å². The lowest BCUT2D eigenvalue weighted by Gasteiger charge is -2.38. The van der Waals surface area contributed by atoms with Crippen molar-refractivity contribution in [3.63, 3.8) is 0 Å². The number of carbonyl (C=O) groups is 4. The molecule has 2 saturated heterocycles. The molecule has 0 radical (unpaired) electrons. The normalized spacial score (nSPS) is 30.7. The average Bonchev–Trinajstić information content (AvgIpc) is 3.50. The van der Waals surface area contributed by atoms with E-state index in [9.17, 15) is 54.9 Å². The Balaban J connectivity index is 1.38. The summed E-state index contributed by atoms with van der Waals surface area (Å²) >= 11 is 0. The number of amides is 1. The standard InChI is InChI=1S/C26H32N4O17/c31-9-43-8-10-1-2-13(45-26-19(37)15(33)17(35)21(47-26)24(41)42)12(5-10)22(38)27-6-11-7-30(29-28-11)3-4-44-25-18(36)14(32)16(34)20(46-25)23(39)40/h1-2,5,7,9,14-21,25-26,32-37H,3-4,6,8H2,(H,27,38)(H,39,40)(H,41,42)/t14-,15-,16-,17-,18+,19+,20-,21-,25+,26+/m0/s1. The van der Waals surface area contributed by atoms with Gasteiger partial charge >= 0.3 is 11.9 Å². The molecule has 2 aliphatic rings. The second kappa shape index (κ2) is 15.5. The van der Waals surface area contributed by atoms with E-state index in [1.54, 1.807) is 0 Å². The lowest BCUT2D eigenvalue weighted by molar-refractivity contribution is -0.294. The zero-order chi connectivity index (χ0) is 34.4. The third kappa shape index (κ3) is 8.34. The van der Waals surface area contributed by atoms with Crippen LogP contribution < -0.4 is 10.1 Å². The third-order valence-electron chi connectivity index (χ3n) is 7.09. The second-order valence-electron chi connectivity index (χ2n) is 10.4. The predicted octanol–water partition coefficient (Wildman–Crippen LogP) is -4.94. The number of nitrogens with one attached hydrogen (secondary N) is 1. The molecule has 0 unspecified atom stereocenters. The quantitative estimate of drug-likeness (QED) is 0.0849. The van der Waals surface area contributed by atoms with Crippen molar-refractivity contribution < 1.29 is 83.7 Å². The van der Waals surface area contributed by atoms with E-state index >= 15 is 0 Å². The molecule has 258 valence electrons. The van der Waals surface area contributed by atoms with Gasteiger partial charge in [0.1, 0.15) is 54.7 Å². The van der Waals surface area contributed by atoms with Crippen LogP contribution in [0.2, 0.25) is 0 Å². The molecular weight excluding hydrogens is 640 g/mol. The molecule has 0 aliphatic carbocycles. The fraction of sp³-hybridized carbons (Fsp3) is 0.538. The minimum absolute atomic E-state index is 0.00226. The van der Waals surface area contributed by atoms with E-state index in [4.69, 9.17) is 28.8 Å². The first-order valence-electron chi connectivity index (χ1n) is 13.8. The smallest absolute Gasteiger partial charge is 0.335 e. The minimum Gasteiger partial charge on any atom is -0.479 e. The van der Waals surface area contributed by atoms with Gasteiger partial charge in [0, 0.05) is 0 Å². The molecule has 1 aromatic carbocycles. The molecule has 21 nitrogen and oxygen atoms in total. The molecule has 4 rings (SSSR count). The number of rotatable bonds is 14. The molecule has 2 aromatic rings. The van der Waals surface area contributed by atoms with Crippen molar-refractivity contribution in [2.45, 2.75) is 81.1 Å². The zero-order valence-electron chi connectivity index (χ0n) is 24.1. The van der Waals surface area contributed by atoms with E-state index in [1.807, 2.05) is 0 Å². The molecule has 9 N–H and O–H groups in total. The maximum atomic E-state index is 13.2. The second-order valence-corrected chi connectivity index (χ2v) is 10.4. The summed E-state index contributed by atoms with van der Waals surface area (Å²) < 4.78 is 27.0. The number of aliphatic hydroxyl groups is 6. The lowest BCUT2D eigenvalue weighted by Crippen LogP contribution is -2.61. The highest BCUT2D eigenvalue weighted by atomic mass is 16.7. The highest BCUT2D eigenvalue weighted by Crippen LogP contribution is 2.28. The van der Waals surface area contributed by atoms with Crippen molar-refractivity contribution in [2.24, 2.45) is 0 Å². The molecule has 0 spiro atoms. The van der Waals surface area contributed by atoms with Gasteiger partial charge in [-0.2, -0.15) is 0 Å². The average molecular weight is 673 g/mol. The summed E-state index contributed by atoms with van der Waals surface area (Å²) in [5.41, 5.74) is 0.402. The summed E-state index contributed by atoms with van der Waals surface area (Å²) in [5, 5.41) is 88.8. The first kappa shape index (κ1) is 35.5.